The van der Waals surface area contributed by atoms with Crippen LogP contribution in [0.4, 0.5) is 11.4 Å². The second-order valence-electron chi connectivity index (χ2n) is 6.30. The first-order valence-corrected chi connectivity index (χ1v) is 10.9. The molecule has 3 rings (SSSR count). The lowest BCUT2D eigenvalue weighted by Gasteiger charge is -2.25. The number of amides is 1. The minimum absolute atomic E-state index is 0.0635. The number of nitrogens with zero attached hydrogens (tertiary/aromatic N) is 1. The average molecular weight is 449 g/mol. The average Bonchev–Trinajstić information content (AvgIpc) is 2.69. The largest absolute Gasteiger partial charge is 0.323 e. The number of carbonyl (C=O) groups is 1. The van der Waals surface area contributed by atoms with Crippen molar-refractivity contribution in [1.82, 2.24) is 0 Å². The van der Waals surface area contributed by atoms with Crippen LogP contribution in [0.15, 0.2) is 77.7 Å². The summed E-state index contributed by atoms with van der Waals surface area (Å²) in [7, 11) is -4.04. The molecule has 29 heavy (non-hydrogen) atoms. The number of anilines is 2. The standard InChI is InChI=1S/C21H18Cl2N2O3S/c1-15-10-12-16(13-11-15)29(27,28)25(20-9-5-3-7-18(20)23)14-21(26)24-19-8-4-2-6-17(19)22/h2-13H,14H2,1H3,(H,24,26). The summed E-state index contributed by atoms with van der Waals surface area (Å²) >= 11 is 12.3. The van der Waals surface area contributed by atoms with Gasteiger partial charge in [0.2, 0.25) is 5.91 Å². The number of rotatable bonds is 6. The molecule has 0 aliphatic carbocycles. The highest BCUT2D eigenvalue weighted by Gasteiger charge is 2.28. The van der Waals surface area contributed by atoms with Gasteiger partial charge in [-0.15, -0.1) is 0 Å². The molecule has 0 unspecified atom stereocenters. The summed E-state index contributed by atoms with van der Waals surface area (Å²) in [6.45, 7) is 1.39. The Bertz CT molecular complexity index is 1130. The number of benzene rings is 3. The van der Waals surface area contributed by atoms with Gasteiger partial charge in [0.1, 0.15) is 6.54 Å². The van der Waals surface area contributed by atoms with E-state index in [1.165, 1.54) is 12.1 Å². The van der Waals surface area contributed by atoms with Crippen LogP contribution < -0.4 is 9.62 Å². The van der Waals surface area contributed by atoms with Gasteiger partial charge < -0.3 is 5.32 Å². The molecule has 3 aromatic rings. The molecule has 0 aromatic heterocycles. The van der Waals surface area contributed by atoms with Crippen molar-refractivity contribution in [3.05, 3.63) is 88.4 Å². The maximum atomic E-state index is 13.3. The third-order valence-corrected chi connectivity index (χ3v) is 6.59. The van der Waals surface area contributed by atoms with E-state index in [9.17, 15) is 13.2 Å². The maximum Gasteiger partial charge on any atom is 0.264 e. The first-order valence-electron chi connectivity index (χ1n) is 8.67. The first-order chi connectivity index (χ1) is 13.8. The molecule has 150 valence electrons. The number of aryl methyl sites for hydroxylation is 1. The molecule has 0 atom stereocenters. The fourth-order valence-electron chi connectivity index (χ4n) is 2.67. The lowest BCUT2D eigenvalue weighted by atomic mass is 10.2. The summed E-state index contributed by atoms with van der Waals surface area (Å²) in [5.74, 6) is -0.547. The fraction of sp³-hybridized carbons (Fsp3) is 0.0952. The lowest BCUT2D eigenvalue weighted by molar-refractivity contribution is -0.114. The Balaban J connectivity index is 1.98. The zero-order chi connectivity index (χ0) is 21.0. The Labute approximate surface area is 179 Å². The van der Waals surface area contributed by atoms with Gasteiger partial charge in [0.05, 0.1) is 26.3 Å². The summed E-state index contributed by atoms with van der Waals surface area (Å²) in [5, 5.41) is 3.21. The van der Waals surface area contributed by atoms with Gasteiger partial charge in [-0.05, 0) is 43.3 Å². The number of halogens is 2. The highest BCUT2D eigenvalue weighted by atomic mass is 35.5. The first kappa shape index (κ1) is 21.2. The van der Waals surface area contributed by atoms with Crippen LogP contribution in [0.2, 0.25) is 10.0 Å². The molecule has 0 saturated carbocycles. The summed E-state index contributed by atoms with van der Waals surface area (Å²) in [6.07, 6.45) is 0. The van der Waals surface area contributed by atoms with Gasteiger partial charge in [-0.25, -0.2) is 8.42 Å². The predicted octanol–water partition coefficient (Wildman–Crippen LogP) is 5.14. The molecule has 0 heterocycles. The topological polar surface area (TPSA) is 66.5 Å². The van der Waals surface area contributed by atoms with Gasteiger partial charge in [-0.3, -0.25) is 9.10 Å². The highest BCUT2D eigenvalue weighted by molar-refractivity contribution is 7.92. The van der Waals surface area contributed by atoms with Crippen molar-refractivity contribution in [3.63, 3.8) is 0 Å². The fourth-order valence-corrected chi connectivity index (χ4v) is 4.58. The van der Waals surface area contributed by atoms with Crippen molar-refractivity contribution >= 4 is 50.5 Å². The zero-order valence-corrected chi connectivity index (χ0v) is 17.8. The summed E-state index contributed by atoms with van der Waals surface area (Å²) in [4.78, 5) is 12.7. The molecule has 1 N–H and O–H groups in total. The minimum Gasteiger partial charge on any atom is -0.323 e. The van der Waals surface area contributed by atoms with Crippen LogP contribution in [0.25, 0.3) is 0 Å². The van der Waals surface area contributed by atoms with Crippen LogP contribution in [0.3, 0.4) is 0 Å². The van der Waals surface area contributed by atoms with E-state index >= 15 is 0 Å². The van der Waals surface area contributed by atoms with Crippen LogP contribution in [0.1, 0.15) is 5.56 Å². The summed E-state index contributed by atoms with van der Waals surface area (Å²) in [6, 6.07) is 19.6. The summed E-state index contributed by atoms with van der Waals surface area (Å²) in [5.41, 5.74) is 1.53. The molecule has 0 fully saturated rings. The molecule has 0 aliphatic heterocycles. The van der Waals surface area contributed by atoms with Gasteiger partial charge >= 0.3 is 0 Å². The molecule has 0 saturated heterocycles. The second-order valence-corrected chi connectivity index (χ2v) is 8.98. The molecule has 0 radical (unpaired) electrons. The lowest BCUT2D eigenvalue weighted by Crippen LogP contribution is -2.38. The molecule has 0 aliphatic rings. The van der Waals surface area contributed by atoms with Crippen LogP contribution in [-0.2, 0) is 14.8 Å². The van der Waals surface area contributed by atoms with E-state index in [-0.39, 0.29) is 15.6 Å². The number of para-hydroxylation sites is 2. The Morgan fingerprint density at radius 2 is 1.48 bits per heavy atom. The SMILES string of the molecule is Cc1ccc(S(=O)(=O)N(CC(=O)Nc2ccccc2Cl)c2ccccc2Cl)cc1. The van der Waals surface area contributed by atoms with Gasteiger partial charge in [0, 0.05) is 0 Å². The normalized spacial score (nSPS) is 11.1. The van der Waals surface area contributed by atoms with Gasteiger partial charge in [-0.2, -0.15) is 0 Å². The molecular weight excluding hydrogens is 431 g/mol. The maximum absolute atomic E-state index is 13.3. The third-order valence-electron chi connectivity index (χ3n) is 4.17. The molecule has 1 amide bonds. The minimum atomic E-state index is -4.04. The van der Waals surface area contributed by atoms with Gasteiger partial charge in [0.25, 0.3) is 10.0 Å². The number of sulfonamides is 1. The summed E-state index contributed by atoms with van der Waals surface area (Å²) < 4.78 is 27.6. The van der Waals surface area contributed by atoms with Crippen LogP contribution in [0.5, 0.6) is 0 Å². The van der Waals surface area contributed by atoms with E-state index in [4.69, 9.17) is 23.2 Å². The van der Waals surface area contributed by atoms with Crippen LogP contribution in [-0.4, -0.2) is 20.9 Å². The van der Waals surface area contributed by atoms with Crippen molar-refractivity contribution in [2.24, 2.45) is 0 Å². The molecular formula is C21H18Cl2N2O3S. The highest BCUT2D eigenvalue weighted by Crippen LogP contribution is 2.30. The van der Waals surface area contributed by atoms with Crippen molar-refractivity contribution in [2.45, 2.75) is 11.8 Å². The van der Waals surface area contributed by atoms with E-state index in [2.05, 4.69) is 5.32 Å². The predicted molar refractivity (Wildman–Crippen MR) is 117 cm³/mol. The Kier molecular flexibility index (Phi) is 6.47. The van der Waals surface area contributed by atoms with E-state index in [1.54, 1.807) is 60.7 Å². The Morgan fingerprint density at radius 1 is 0.897 bits per heavy atom. The molecule has 5 nitrogen and oxygen atoms in total. The van der Waals surface area contributed by atoms with Gasteiger partial charge in [-0.1, -0.05) is 65.2 Å². The van der Waals surface area contributed by atoms with Crippen LogP contribution in [0, 0.1) is 6.92 Å². The Hall–Kier alpha value is -2.54. The van der Waals surface area contributed by atoms with Crippen molar-refractivity contribution in [1.29, 1.82) is 0 Å². The Morgan fingerprint density at radius 3 is 2.10 bits per heavy atom. The molecule has 3 aromatic carbocycles. The third kappa shape index (κ3) is 4.90. The number of hydrogen-bond acceptors (Lipinski definition) is 3. The van der Waals surface area contributed by atoms with E-state index in [0.29, 0.717) is 10.7 Å². The number of hydrogen-bond donors (Lipinski definition) is 1. The molecule has 0 spiro atoms. The second kappa shape index (κ2) is 8.86. The van der Waals surface area contributed by atoms with Crippen molar-refractivity contribution < 1.29 is 13.2 Å². The monoisotopic (exact) mass is 448 g/mol. The zero-order valence-electron chi connectivity index (χ0n) is 15.5. The number of nitrogens with one attached hydrogen (secondary N) is 1. The van der Waals surface area contributed by atoms with Crippen LogP contribution >= 0.6 is 23.2 Å². The smallest absolute Gasteiger partial charge is 0.264 e. The van der Waals surface area contributed by atoms with Gasteiger partial charge in [0.15, 0.2) is 0 Å². The number of carbonyl (C=O) groups excluding carboxylic acids is 1. The van der Waals surface area contributed by atoms with E-state index < -0.39 is 22.5 Å². The van der Waals surface area contributed by atoms with E-state index in [1.807, 2.05) is 6.92 Å². The van der Waals surface area contributed by atoms with Crippen molar-refractivity contribution in [2.75, 3.05) is 16.2 Å². The van der Waals surface area contributed by atoms with E-state index in [0.717, 1.165) is 9.87 Å². The molecule has 0 bridgehead atoms. The van der Waals surface area contributed by atoms with Crippen molar-refractivity contribution in [3.8, 4) is 0 Å². The molecule has 8 heteroatoms. The quantitative estimate of drug-likeness (QED) is 0.567.